The molecule has 1 aliphatic carbocycles. The Bertz CT molecular complexity index is 422. The van der Waals surface area contributed by atoms with Crippen molar-refractivity contribution >= 4 is 23.7 Å². The van der Waals surface area contributed by atoms with Crippen molar-refractivity contribution in [2.24, 2.45) is 0 Å². The summed E-state index contributed by atoms with van der Waals surface area (Å²) in [5, 5.41) is 3.21. The Labute approximate surface area is 111 Å². The van der Waals surface area contributed by atoms with Crippen molar-refractivity contribution in [2.75, 3.05) is 23.9 Å². The lowest BCUT2D eigenvalue weighted by molar-refractivity contribution is 0.222. The van der Waals surface area contributed by atoms with Gasteiger partial charge in [0, 0.05) is 11.3 Å². The second-order valence-electron chi connectivity index (χ2n) is 4.71. The van der Waals surface area contributed by atoms with Gasteiger partial charge in [0.25, 0.3) is 0 Å². The van der Waals surface area contributed by atoms with Gasteiger partial charge in [-0.3, -0.25) is 0 Å². The van der Waals surface area contributed by atoms with Crippen molar-refractivity contribution < 1.29 is 4.74 Å². The molecule has 0 radical (unpaired) electrons. The molecule has 2 rings (SSSR count). The molecule has 1 aromatic rings. The van der Waals surface area contributed by atoms with Gasteiger partial charge in [-0.2, -0.15) is 26.7 Å². The van der Waals surface area contributed by atoms with E-state index in [1.807, 2.05) is 25.6 Å². The molecule has 0 amide bonds. The van der Waals surface area contributed by atoms with E-state index in [0.29, 0.717) is 10.7 Å². The number of hydrogen-bond acceptors (Lipinski definition) is 7. The summed E-state index contributed by atoms with van der Waals surface area (Å²) in [6.45, 7) is 4.68. The van der Waals surface area contributed by atoms with E-state index in [-0.39, 0.29) is 18.1 Å². The third-order valence-electron chi connectivity index (χ3n) is 2.78. The summed E-state index contributed by atoms with van der Waals surface area (Å²) in [5.74, 6) is 0.663. The predicted molar refractivity (Wildman–Crippen MR) is 74.0 cm³/mol. The van der Waals surface area contributed by atoms with Gasteiger partial charge in [-0.1, -0.05) is 0 Å². The molecule has 0 saturated heterocycles. The lowest BCUT2D eigenvalue weighted by Gasteiger charge is -2.14. The summed E-state index contributed by atoms with van der Waals surface area (Å²) < 4.78 is 5.77. The summed E-state index contributed by atoms with van der Waals surface area (Å²) in [6.07, 6.45) is 4.61. The summed E-state index contributed by atoms with van der Waals surface area (Å²) in [7, 11) is 0. The highest BCUT2D eigenvalue weighted by atomic mass is 32.2. The first-order valence-corrected chi connectivity index (χ1v) is 7.23. The van der Waals surface area contributed by atoms with Gasteiger partial charge in [0.1, 0.15) is 0 Å². The van der Waals surface area contributed by atoms with Gasteiger partial charge in [-0.25, -0.2) is 0 Å². The Morgan fingerprint density at radius 2 is 2.11 bits per heavy atom. The minimum atomic E-state index is 0.0145. The minimum Gasteiger partial charge on any atom is -0.461 e. The maximum atomic E-state index is 5.64. The molecule has 1 heterocycles. The number of nitrogens with one attached hydrogen (secondary N) is 1. The largest absolute Gasteiger partial charge is 0.461 e. The highest BCUT2D eigenvalue weighted by Gasteiger charge is 2.41. The zero-order chi connectivity index (χ0) is 13.2. The van der Waals surface area contributed by atoms with E-state index in [2.05, 4.69) is 26.5 Å². The Kier molecular flexibility index (Phi) is 3.79. The quantitative estimate of drug-likeness (QED) is 0.810. The van der Waals surface area contributed by atoms with Crippen LogP contribution in [-0.4, -0.2) is 38.6 Å². The molecule has 0 unspecified atom stereocenters. The fraction of sp³-hybridized carbons (Fsp3) is 0.727. The molecule has 18 heavy (non-hydrogen) atoms. The van der Waals surface area contributed by atoms with Crippen LogP contribution in [0.1, 0.15) is 26.7 Å². The van der Waals surface area contributed by atoms with E-state index >= 15 is 0 Å². The van der Waals surface area contributed by atoms with Crippen LogP contribution in [-0.2, 0) is 0 Å². The number of anilines is 2. The van der Waals surface area contributed by atoms with Crippen LogP contribution in [0.2, 0.25) is 0 Å². The third kappa shape index (κ3) is 3.38. The molecule has 7 heteroatoms. The lowest BCUT2D eigenvalue weighted by Crippen LogP contribution is -2.20. The number of ether oxygens (including phenoxy) is 1. The van der Waals surface area contributed by atoms with E-state index in [1.165, 1.54) is 12.8 Å². The van der Waals surface area contributed by atoms with Crippen LogP contribution in [0.4, 0.5) is 11.9 Å². The second kappa shape index (κ2) is 5.17. The zero-order valence-corrected chi connectivity index (χ0v) is 11.8. The third-order valence-corrected chi connectivity index (χ3v) is 4.20. The molecule has 1 fully saturated rings. The number of hydrogen-bond donors (Lipinski definition) is 2. The summed E-state index contributed by atoms with van der Waals surface area (Å²) >= 11 is 1.88. The maximum absolute atomic E-state index is 5.64. The molecule has 6 nitrogen and oxygen atoms in total. The van der Waals surface area contributed by atoms with Gasteiger partial charge >= 0.3 is 6.01 Å². The molecular formula is C11H19N5OS. The first-order valence-electron chi connectivity index (χ1n) is 6.00. The van der Waals surface area contributed by atoms with Crippen molar-refractivity contribution in [1.82, 2.24) is 15.0 Å². The van der Waals surface area contributed by atoms with Crippen molar-refractivity contribution in [3.8, 4) is 6.01 Å². The van der Waals surface area contributed by atoms with Gasteiger partial charge < -0.3 is 15.8 Å². The molecular weight excluding hydrogens is 250 g/mol. The van der Waals surface area contributed by atoms with E-state index in [9.17, 15) is 0 Å². The van der Waals surface area contributed by atoms with Gasteiger partial charge in [-0.15, -0.1) is 0 Å². The SMILES string of the molecule is CSC1(CNc2nc(N)nc(OC(C)C)n2)CC1. The van der Waals surface area contributed by atoms with Gasteiger partial charge in [0.05, 0.1) is 6.10 Å². The smallest absolute Gasteiger partial charge is 0.323 e. The number of thioether (sulfide) groups is 1. The summed E-state index contributed by atoms with van der Waals surface area (Å²) in [5.41, 5.74) is 5.64. The van der Waals surface area contributed by atoms with Crippen LogP contribution in [0.5, 0.6) is 6.01 Å². The Hall–Kier alpha value is -1.24. The Morgan fingerprint density at radius 1 is 1.39 bits per heavy atom. The standard InChI is InChI=1S/C11H19N5OS/c1-7(2)17-10-15-8(12)14-9(16-10)13-6-11(18-3)4-5-11/h7H,4-6H2,1-3H3,(H3,12,13,14,15,16). The van der Waals surface area contributed by atoms with Crippen molar-refractivity contribution in [3.63, 3.8) is 0 Å². The molecule has 1 aliphatic rings. The van der Waals surface area contributed by atoms with Crippen molar-refractivity contribution in [2.45, 2.75) is 37.5 Å². The fourth-order valence-electron chi connectivity index (χ4n) is 1.55. The van der Waals surface area contributed by atoms with Crippen molar-refractivity contribution in [1.29, 1.82) is 0 Å². The Morgan fingerprint density at radius 3 is 2.67 bits per heavy atom. The molecule has 0 atom stereocenters. The number of nitrogens with zero attached hydrogens (tertiary/aromatic N) is 3. The molecule has 3 N–H and O–H groups in total. The van der Waals surface area contributed by atoms with Crippen LogP contribution in [0.15, 0.2) is 0 Å². The monoisotopic (exact) mass is 269 g/mol. The second-order valence-corrected chi connectivity index (χ2v) is 5.98. The van der Waals surface area contributed by atoms with Crippen LogP contribution < -0.4 is 15.8 Å². The predicted octanol–water partition coefficient (Wildman–Crippen LogP) is 1.55. The van der Waals surface area contributed by atoms with E-state index < -0.39 is 0 Å². The Balaban J connectivity index is 2.01. The van der Waals surface area contributed by atoms with Crippen LogP contribution in [0.25, 0.3) is 0 Å². The topological polar surface area (TPSA) is 86.0 Å². The summed E-state index contributed by atoms with van der Waals surface area (Å²) in [4.78, 5) is 12.2. The van der Waals surface area contributed by atoms with Gasteiger partial charge in [-0.05, 0) is 32.9 Å². The number of nitrogen functional groups attached to an aromatic ring is 1. The van der Waals surface area contributed by atoms with E-state index in [4.69, 9.17) is 10.5 Å². The fourth-order valence-corrected chi connectivity index (χ4v) is 2.27. The number of aromatic nitrogens is 3. The molecule has 0 spiro atoms. The van der Waals surface area contributed by atoms with E-state index in [1.54, 1.807) is 0 Å². The molecule has 0 aromatic carbocycles. The van der Waals surface area contributed by atoms with Crippen molar-refractivity contribution in [3.05, 3.63) is 0 Å². The molecule has 0 aliphatic heterocycles. The van der Waals surface area contributed by atoms with E-state index in [0.717, 1.165) is 6.54 Å². The average molecular weight is 269 g/mol. The number of nitrogens with two attached hydrogens (primary N) is 1. The highest BCUT2D eigenvalue weighted by molar-refractivity contribution is 8.00. The highest BCUT2D eigenvalue weighted by Crippen LogP contribution is 2.46. The number of rotatable bonds is 6. The zero-order valence-electron chi connectivity index (χ0n) is 10.9. The molecule has 100 valence electrons. The molecule has 0 bridgehead atoms. The average Bonchev–Trinajstić information content (AvgIpc) is 3.05. The lowest BCUT2D eigenvalue weighted by atomic mass is 10.4. The van der Waals surface area contributed by atoms with Gasteiger partial charge in [0.15, 0.2) is 0 Å². The minimum absolute atomic E-state index is 0.0145. The van der Waals surface area contributed by atoms with Crippen LogP contribution in [0.3, 0.4) is 0 Å². The maximum Gasteiger partial charge on any atom is 0.323 e. The first-order chi connectivity index (χ1) is 8.53. The first kappa shape index (κ1) is 13.2. The molecule has 1 aromatic heterocycles. The van der Waals surface area contributed by atoms with Gasteiger partial charge in [0.2, 0.25) is 11.9 Å². The summed E-state index contributed by atoms with van der Waals surface area (Å²) in [6, 6.07) is 0.272. The molecule has 1 saturated carbocycles. The van der Waals surface area contributed by atoms with Crippen LogP contribution >= 0.6 is 11.8 Å². The normalized spacial score (nSPS) is 16.7. The van der Waals surface area contributed by atoms with Crippen LogP contribution in [0, 0.1) is 0 Å².